The molecule has 0 aliphatic carbocycles. The number of H-pyrrole nitrogens is 2. The van der Waals surface area contributed by atoms with E-state index in [9.17, 15) is 4.79 Å². The van der Waals surface area contributed by atoms with Gasteiger partial charge in [0.15, 0.2) is 4.77 Å². The molecule has 2 aromatic carbocycles. The van der Waals surface area contributed by atoms with Crippen LogP contribution in [0.1, 0.15) is 5.56 Å². The molecule has 0 fully saturated rings. The zero-order chi connectivity index (χ0) is 15.8. The van der Waals surface area contributed by atoms with Crippen LogP contribution in [0.4, 0.5) is 0 Å². The highest BCUT2D eigenvalue weighted by molar-refractivity contribution is 7.71. The number of aryl methyl sites for hydroxylation is 1. The summed E-state index contributed by atoms with van der Waals surface area (Å²) in [6.45, 7) is 0.556. The molecule has 4 aromatic rings. The van der Waals surface area contributed by atoms with Crippen molar-refractivity contribution in [1.29, 1.82) is 0 Å². The van der Waals surface area contributed by atoms with Crippen molar-refractivity contribution in [2.45, 2.75) is 13.0 Å². The minimum atomic E-state index is -0.0378. The van der Waals surface area contributed by atoms with Gasteiger partial charge in [0.25, 0.3) is 5.56 Å². The van der Waals surface area contributed by atoms with Crippen molar-refractivity contribution in [2.75, 3.05) is 0 Å². The zero-order valence-electron chi connectivity index (χ0n) is 12.4. The van der Waals surface area contributed by atoms with Gasteiger partial charge in [-0.25, -0.2) is 0 Å². The van der Waals surface area contributed by atoms with E-state index in [-0.39, 0.29) is 5.56 Å². The van der Waals surface area contributed by atoms with E-state index < -0.39 is 0 Å². The van der Waals surface area contributed by atoms with Crippen LogP contribution < -0.4 is 5.56 Å². The highest BCUT2D eigenvalue weighted by atomic mass is 32.1. The number of aromatic amines is 2. The summed E-state index contributed by atoms with van der Waals surface area (Å²) in [5.41, 5.74) is 3.05. The fraction of sp³-hybridized carbons (Fsp3) is 0.111. The second kappa shape index (κ2) is 5.52. The van der Waals surface area contributed by atoms with Crippen molar-refractivity contribution in [3.8, 4) is 0 Å². The monoisotopic (exact) mass is 321 g/mol. The first-order valence-electron chi connectivity index (χ1n) is 7.51. The summed E-state index contributed by atoms with van der Waals surface area (Å²) in [4.78, 5) is 19.0. The van der Waals surface area contributed by atoms with Gasteiger partial charge in [-0.05, 0) is 42.4 Å². The van der Waals surface area contributed by atoms with E-state index in [2.05, 4.69) is 16.0 Å². The summed E-state index contributed by atoms with van der Waals surface area (Å²) in [5, 5.41) is 1.86. The van der Waals surface area contributed by atoms with Crippen molar-refractivity contribution in [2.24, 2.45) is 0 Å². The van der Waals surface area contributed by atoms with Gasteiger partial charge in [-0.2, -0.15) is 0 Å². The van der Waals surface area contributed by atoms with E-state index in [0.717, 1.165) is 17.5 Å². The second-order valence-corrected chi connectivity index (χ2v) is 5.93. The summed E-state index contributed by atoms with van der Waals surface area (Å²) >= 11 is 5.36. The lowest BCUT2D eigenvalue weighted by Gasteiger charge is -2.07. The van der Waals surface area contributed by atoms with Gasteiger partial charge in [-0.3, -0.25) is 9.36 Å². The van der Waals surface area contributed by atoms with Crippen molar-refractivity contribution >= 4 is 34.0 Å². The number of rotatable bonds is 3. The molecule has 0 amide bonds. The molecule has 2 aromatic heterocycles. The van der Waals surface area contributed by atoms with Crippen LogP contribution in [0.5, 0.6) is 0 Å². The number of hydrogen-bond acceptors (Lipinski definition) is 2. The molecule has 4 rings (SSSR count). The topological polar surface area (TPSA) is 53.6 Å². The normalized spacial score (nSPS) is 11.3. The largest absolute Gasteiger partial charge is 0.361 e. The van der Waals surface area contributed by atoms with E-state index in [1.54, 1.807) is 4.57 Å². The molecule has 23 heavy (non-hydrogen) atoms. The van der Waals surface area contributed by atoms with Crippen molar-refractivity contribution < 1.29 is 0 Å². The Kier molecular flexibility index (Phi) is 3.35. The lowest BCUT2D eigenvalue weighted by Crippen LogP contribution is -2.23. The number of hydrogen-bond donors (Lipinski definition) is 2. The number of nitrogens with zero attached hydrogens (tertiary/aromatic N) is 1. The third kappa shape index (κ3) is 2.39. The van der Waals surface area contributed by atoms with Gasteiger partial charge in [-0.15, -0.1) is 0 Å². The maximum atomic E-state index is 12.6. The first-order chi connectivity index (χ1) is 11.2. The Balaban J connectivity index is 1.73. The average molecular weight is 321 g/mol. The summed E-state index contributed by atoms with van der Waals surface area (Å²) in [5.74, 6) is 0. The molecule has 114 valence electrons. The van der Waals surface area contributed by atoms with Crippen LogP contribution in [0.25, 0.3) is 21.8 Å². The van der Waals surface area contributed by atoms with Gasteiger partial charge in [0, 0.05) is 23.6 Å². The van der Waals surface area contributed by atoms with E-state index in [0.29, 0.717) is 16.7 Å². The molecule has 0 saturated heterocycles. The zero-order valence-corrected chi connectivity index (χ0v) is 13.2. The van der Waals surface area contributed by atoms with E-state index in [4.69, 9.17) is 12.2 Å². The van der Waals surface area contributed by atoms with Crippen LogP contribution >= 0.6 is 12.2 Å². The molecule has 0 spiro atoms. The van der Waals surface area contributed by atoms with Crippen molar-refractivity contribution in [3.63, 3.8) is 0 Å². The number of fused-ring (bicyclic) bond motifs is 2. The first kappa shape index (κ1) is 14.0. The summed E-state index contributed by atoms with van der Waals surface area (Å²) < 4.78 is 2.10. The quantitative estimate of drug-likeness (QED) is 0.564. The molecule has 2 N–H and O–H groups in total. The van der Waals surface area contributed by atoms with Gasteiger partial charge in [0.1, 0.15) is 0 Å². The Hall–Kier alpha value is -2.66. The second-order valence-electron chi connectivity index (χ2n) is 5.54. The number of para-hydroxylation sites is 2. The predicted molar refractivity (Wildman–Crippen MR) is 95.4 cm³/mol. The van der Waals surface area contributed by atoms with Gasteiger partial charge in [0.2, 0.25) is 0 Å². The molecular weight excluding hydrogens is 306 g/mol. The third-order valence-electron chi connectivity index (χ3n) is 4.17. The molecule has 5 heteroatoms. The lowest BCUT2D eigenvalue weighted by molar-refractivity contribution is 0.654. The highest BCUT2D eigenvalue weighted by Crippen LogP contribution is 2.18. The number of nitrogens with one attached hydrogen (secondary N) is 2. The van der Waals surface area contributed by atoms with E-state index in [1.165, 1.54) is 10.9 Å². The fourth-order valence-corrected chi connectivity index (χ4v) is 3.26. The van der Waals surface area contributed by atoms with Gasteiger partial charge >= 0.3 is 0 Å². The fourth-order valence-electron chi connectivity index (χ4n) is 2.97. The summed E-state index contributed by atoms with van der Waals surface area (Å²) in [6.07, 6.45) is 2.75. The predicted octanol–water partition coefficient (Wildman–Crippen LogP) is 3.78. The molecule has 2 heterocycles. The van der Waals surface area contributed by atoms with Crippen molar-refractivity contribution in [3.05, 3.63) is 75.4 Å². The Morgan fingerprint density at radius 1 is 0.957 bits per heavy atom. The Morgan fingerprint density at radius 3 is 2.48 bits per heavy atom. The molecule has 0 bridgehead atoms. The smallest absolute Gasteiger partial charge is 0.262 e. The van der Waals surface area contributed by atoms with Crippen LogP contribution in [-0.4, -0.2) is 14.5 Å². The van der Waals surface area contributed by atoms with Crippen LogP contribution in [-0.2, 0) is 13.0 Å². The van der Waals surface area contributed by atoms with Crippen LogP contribution in [0.3, 0.4) is 0 Å². The Labute approximate surface area is 137 Å². The SMILES string of the molecule is O=c1c2ccccc2[nH]c(=S)n1CCc1c[nH]c2ccccc12. The van der Waals surface area contributed by atoms with Crippen LogP contribution in [0, 0.1) is 4.77 Å². The average Bonchev–Trinajstić information content (AvgIpc) is 2.98. The number of benzene rings is 2. The van der Waals surface area contributed by atoms with E-state index in [1.807, 2.05) is 48.7 Å². The molecule has 0 saturated carbocycles. The maximum Gasteiger partial charge on any atom is 0.262 e. The Bertz CT molecular complexity index is 1120. The van der Waals surface area contributed by atoms with Gasteiger partial charge in [-0.1, -0.05) is 30.3 Å². The molecule has 0 aliphatic heterocycles. The maximum absolute atomic E-state index is 12.6. The van der Waals surface area contributed by atoms with Crippen molar-refractivity contribution in [1.82, 2.24) is 14.5 Å². The molecule has 0 unspecified atom stereocenters. The lowest BCUT2D eigenvalue weighted by atomic mass is 10.1. The third-order valence-corrected chi connectivity index (χ3v) is 4.49. The molecule has 0 atom stereocenters. The minimum absolute atomic E-state index is 0.0378. The summed E-state index contributed by atoms with van der Waals surface area (Å²) in [7, 11) is 0. The minimum Gasteiger partial charge on any atom is -0.361 e. The molecule has 0 radical (unpaired) electrons. The molecule has 0 aliphatic rings. The summed E-state index contributed by atoms with van der Waals surface area (Å²) in [6, 6.07) is 15.6. The van der Waals surface area contributed by atoms with Gasteiger partial charge < -0.3 is 9.97 Å². The molecular formula is C18H15N3OS. The highest BCUT2D eigenvalue weighted by Gasteiger charge is 2.07. The number of aromatic nitrogens is 3. The first-order valence-corrected chi connectivity index (χ1v) is 7.92. The van der Waals surface area contributed by atoms with Crippen LogP contribution in [0.2, 0.25) is 0 Å². The van der Waals surface area contributed by atoms with Gasteiger partial charge in [0.05, 0.1) is 10.9 Å². The standard InChI is InChI=1S/C18H15N3OS/c22-17-14-6-2-4-8-16(14)20-18(23)21(17)10-9-12-11-19-15-7-3-1-5-13(12)15/h1-8,11,19H,9-10H2,(H,20,23). The Morgan fingerprint density at radius 2 is 1.65 bits per heavy atom. The van der Waals surface area contributed by atoms with Crippen LogP contribution in [0.15, 0.2) is 59.5 Å². The van der Waals surface area contributed by atoms with E-state index >= 15 is 0 Å². The molecule has 4 nitrogen and oxygen atoms in total.